The van der Waals surface area contributed by atoms with Crippen LogP contribution >= 0.6 is 0 Å². The Hall–Kier alpha value is -3.99. The Kier molecular flexibility index (Phi) is 5.61. The summed E-state index contributed by atoms with van der Waals surface area (Å²) in [6.07, 6.45) is 4.80. The number of rotatable bonds is 7. The molecule has 3 aromatic carbocycles. The minimum Gasteiger partial charge on any atom is -0.456 e. The van der Waals surface area contributed by atoms with Crippen LogP contribution in [0.2, 0.25) is 0 Å². The van der Waals surface area contributed by atoms with Gasteiger partial charge in [0, 0.05) is 28.5 Å². The zero-order valence-electron chi connectivity index (χ0n) is 18.4. The lowest BCUT2D eigenvalue weighted by molar-refractivity contribution is -0.682. The minimum absolute atomic E-state index is 0.0569. The van der Waals surface area contributed by atoms with Crippen LogP contribution in [-0.4, -0.2) is 10.4 Å². The van der Waals surface area contributed by atoms with Crippen molar-refractivity contribution in [3.8, 4) is 11.3 Å². The highest BCUT2D eigenvalue weighted by atomic mass is 19.1. The van der Waals surface area contributed by atoms with E-state index in [1.54, 1.807) is 0 Å². The molecule has 0 unspecified atom stereocenters. The van der Waals surface area contributed by atoms with Crippen LogP contribution in [0.5, 0.6) is 0 Å². The lowest BCUT2D eigenvalue weighted by atomic mass is 10.1. The molecule has 164 valence electrons. The molecule has 0 aliphatic carbocycles. The third-order valence-electron chi connectivity index (χ3n) is 5.89. The summed E-state index contributed by atoms with van der Waals surface area (Å²) in [5.41, 5.74) is 4.62. The molecule has 0 bridgehead atoms. The average Bonchev–Trinajstić information content (AvgIpc) is 3.41. The molecule has 2 heterocycles. The highest BCUT2D eigenvalue weighted by Crippen LogP contribution is 2.34. The third-order valence-corrected chi connectivity index (χ3v) is 5.89. The van der Waals surface area contributed by atoms with E-state index in [-0.39, 0.29) is 18.1 Å². The van der Waals surface area contributed by atoms with Gasteiger partial charge in [-0.1, -0.05) is 55.5 Å². The molecule has 5 heteroatoms. The summed E-state index contributed by atoms with van der Waals surface area (Å²) >= 11 is 0. The van der Waals surface area contributed by atoms with Gasteiger partial charge in [-0.2, -0.15) is 0 Å². The lowest BCUT2D eigenvalue weighted by Gasteiger charge is -2.03. The van der Waals surface area contributed by atoms with Crippen LogP contribution < -0.4 is 4.57 Å². The minimum atomic E-state index is -0.347. The number of hydrogen-bond acceptors (Lipinski definition) is 2. The monoisotopic (exact) mass is 439 g/mol. The summed E-state index contributed by atoms with van der Waals surface area (Å²) in [4.78, 5) is 12.7. The molecule has 0 fully saturated rings. The number of aryl methyl sites for hydroxylation is 1. The van der Waals surface area contributed by atoms with Crippen LogP contribution in [-0.2, 0) is 19.5 Å². The third kappa shape index (κ3) is 4.22. The van der Waals surface area contributed by atoms with E-state index in [0.29, 0.717) is 12.1 Å². The Labute approximate surface area is 191 Å². The predicted molar refractivity (Wildman–Crippen MR) is 125 cm³/mol. The Balaban J connectivity index is 1.49. The van der Waals surface area contributed by atoms with Crippen molar-refractivity contribution < 1.29 is 18.2 Å². The fourth-order valence-corrected chi connectivity index (χ4v) is 4.22. The van der Waals surface area contributed by atoms with E-state index in [0.717, 1.165) is 40.0 Å². The fraction of sp³-hybridized carbons (Fsp3) is 0.143. The quantitative estimate of drug-likeness (QED) is 0.237. The molecule has 0 saturated heterocycles. The first-order valence-electron chi connectivity index (χ1n) is 11.0. The highest BCUT2D eigenvalue weighted by Gasteiger charge is 2.21. The first-order valence-corrected chi connectivity index (χ1v) is 11.0. The molecule has 2 aromatic heterocycles. The first kappa shape index (κ1) is 20.9. The van der Waals surface area contributed by atoms with Crippen molar-refractivity contribution in [1.82, 2.24) is 4.57 Å². The maximum Gasteiger partial charge on any atom is 0.244 e. The van der Waals surface area contributed by atoms with Gasteiger partial charge in [-0.25, -0.2) is 13.5 Å². The molecule has 0 spiro atoms. The number of aromatic nitrogens is 2. The Morgan fingerprint density at radius 1 is 0.970 bits per heavy atom. The van der Waals surface area contributed by atoms with Gasteiger partial charge < -0.3 is 4.42 Å². The van der Waals surface area contributed by atoms with Gasteiger partial charge in [-0.3, -0.25) is 4.79 Å². The van der Waals surface area contributed by atoms with Gasteiger partial charge in [0.15, 0.2) is 6.54 Å². The second-order valence-electron chi connectivity index (χ2n) is 8.09. The van der Waals surface area contributed by atoms with E-state index in [1.807, 2.05) is 53.5 Å². The smallest absolute Gasteiger partial charge is 0.244 e. The average molecular weight is 440 g/mol. The Morgan fingerprint density at radius 3 is 2.45 bits per heavy atom. The summed E-state index contributed by atoms with van der Waals surface area (Å²) in [7, 11) is 0. The summed E-state index contributed by atoms with van der Waals surface area (Å²) in [6, 6.07) is 23.9. The molecule has 5 aromatic rings. The number of imidazole rings is 1. The number of carbonyl (C=O) groups is 1. The van der Waals surface area contributed by atoms with Crippen molar-refractivity contribution in [2.45, 2.75) is 26.4 Å². The number of para-hydroxylation sites is 1. The van der Waals surface area contributed by atoms with Crippen LogP contribution in [0.3, 0.4) is 0 Å². The molecule has 0 amide bonds. The van der Waals surface area contributed by atoms with Gasteiger partial charge >= 0.3 is 0 Å². The maximum absolute atomic E-state index is 13.2. The van der Waals surface area contributed by atoms with Crippen LogP contribution in [0.25, 0.3) is 22.3 Å². The van der Waals surface area contributed by atoms with Crippen molar-refractivity contribution in [3.63, 3.8) is 0 Å². The van der Waals surface area contributed by atoms with Crippen molar-refractivity contribution in [3.05, 3.63) is 114 Å². The second kappa shape index (κ2) is 8.87. The Morgan fingerprint density at radius 2 is 1.70 bits per heavy atom. The first-order chi connectivity index (χ1) is 16.1. The highest BCUT2D eigenvalue weighted by molar-refractivity contribution is 5.95. The van der Waals surface area contributed by atoms with Gasteiger partial charge in [-0.05, 0) is 30.3 Å². The second-order valence-corrected chi connectivity index (χ2v) is 8.09. The van der Waals surface area contributed by atoms with E-state index in [2.05, 4.69) is 29.7 Å². The number of benzene rings is 3. The van der Waals surface area contributed by atoms with Crippen molar-refractivity contribution in [2.75, 3.05) is 0 Å². The number of fused-ring (bicyclic) bond motifs is 1. The molecule has 0 saturated carbocycles. The zero-order valence-corrected chi connectivity index (χ0v) is 18.4. The molecule has 4 nitrogen and oxygen atoms in total. The van der Waals surface area contributed by atoms with Gasteiger partial charge in [-0.15, -0.1) is 0 Å². The van der Waals surface area contributed by atoms with Crippen LogP contribution in [0.4, 0.5) is 4.39 Å². The number of nitrogens with zero attached hydrogens (tertiary/aromatic N) is 2. The van der Waals surface area contributed by atoms with Gasteiger partial charge in [0.25, 0.3) is 0 Å². The largest absolute Gasteiger partial charge is 0.456 e. The SMILES string of the molecule is CCc1c[n+](CC(=O)c2ccc(F)cc2)cn1Cc1c(-c2ccccc2)oc2ccccc12. The summed E-state index contributed by atoms with van der Waals surface area (Å²) in [5, 5.41) is 1.08. The Bertz CT molecular complexity index is 1420. The summed E-state index contributed by atoms with van der Waals surface area (Å²) in [6.45, 7) is 2.93. The van der Waals surface area contributed by atoms with Crippen molar-refractivity contribution in [1.29, 1.82) is 0 Å². The van der Waals surface area contributed by atoms with E-state index < -0.39 is 0 Å². The molecule has 0 atom stereocenters. The molecule has 33 heavy (non-hydrogen) atoms. The number of hydrogen-bond donors (Lipinski definition) is 0. The van der Waals surface area contributed by atoms with E-state index in [4.69, 9.17) is 4.42 Å². The molecule has 0 N–H and O–H groups in total. The standard InChI is InChI=1S/C28H24FN2O2/c1-2-23-16-30(18-26(32)20-12-14-22(29)15-13-20)19-31(23)17-25-24-10-6-7-11-27(24)33-28(25)21-8-4-3-5-9-21/h3-16,19H,2,17-18H2,1H3/q+1. The molecule has 0 radical (unpaired) electrons. The number of furan rings is 1. The summed E-state index contributed by atoms with van der Waals surface area (Å²) in [5.74, 6) is 0.459. The lowest BCUT2D eigenvalue weighted by Crippen LogP contribution is -2.35. The number of Topliss-reactive ketones (excluding diaryl/α,β-unsaturated/α-hetero) is 1. The fourth-order valence-electron chi connectivity index (χ4n) is 4.22. The summed E-state index contributed by atoms with van der Waals surface area (Å²) < 4.78 is 23.5. The van der Waals surface area contributed by atoms with E-state index >= 15 is 0 Å². The zero-order chi connectivity index (χ0) is 22.8. The predicted octanol–water partition coefficient (Wildman–Crippen LogP) is 5.82. The molecular weight excluding hydrogens is 415 g/mol. The normalized spacial score (nSPS) is 11.2. The molecular formula is C28H24FN2O2+. The van der Waals surface area contributed by atoms with Gasteiger partial charge in [0.05, 0.1) is 0 Å². The van der Waals surface area contributed by atoms with Gasteiger partial charge in [0.1, 0.15) is 35.6 Å². The molecule has 5 rings (SSSR count). The molecule has 0 aliphatic rings. The van der Waals surface area contributed by atoms with Crippen LogP contribution in [0.15, 0.2) is 95.8 Å². The number of carbonyl (C=O) groups excluding carboxylic acids is 1. The maximum atomic E-state index is 13.2. The van der Waals surface area contributed by atoms with Crippen molar-refractivity contribution in [2.24, 2.45) is 0 Å². The van der Waals surface area contributed by atoms with Crippen molar-refractivity contribution >= 4 is 16.8 Å². The van der Waals surface area contributed by atoms with E-state index in [9.17, 15) is 9.18 Å². The number of halogens is 1. The van der Waals surface area contributed by atoms with Crippen LogP contribution in [0.1, 0.15) is 28.5 Å². The van der Waals surface area contributed by atoms with Crippen LogP contribution in [0, 0.1) is 5.82 Å². The molecule has 0 aliphatic heterocycles. The van der Waals surface area contributed by atoms with Gasteiger partial charge in [0.2, 0.25) is 12.1 Å². The van der Waals surface area contributed by atoms with E-state index in [1.165, 1.54) is 24.3 Å². The number of ketones is 1. The topological polar surface area (TPSA) is 39.0 Å².